The van der Waals surface area contributed by atoms with Crippen molar-refractivity contribution < 1.29 is 8.78 Å². The van der Waals surface area contributed by atoms with Gasteiger partial charge in [0.25, 0.3) is 0 Å². The van der Waals surface area contributed by atoms with Crippen molar-refractivity contribution in [2.45, 2.75) is 6.92 Å². The molecule has 12 heavy (non-hydrogen) atoms. The summed E-state index contributed by atoms with van der Waals surface area (Å²) in [7, 11) is 0. The zero-order valence-corrected chi connectivity index (χ0v) is 7.21. The van der Waals surface area contributed by atoms with Crippen molar-refractivity contribution >= 4 is 22.9 Å². The number of anilines is 1. The Labute approximate surface area is 74.4 Å². The third-order valence-corrected chi connectivity index (χ3v) is 1.34. The quantitative estimate of drug-likeness (QED) is 0.678. The molecular weight excluding hydrogens is 180 g/mol. The van der Waals surface area contributed by atoms with Gasteiger partial charge in [-0.1, -0.05) is 12.2 Å². The summed E-state index contributed by atoms with van der Waals surface area (Å²) in [6.07, 6.45) is 0. The highest BCUT2D eigenvalue weighted by atomic mass is 32.1. The van der Waals surface area contributed by atoms with Crippen molar-refractivity contribution in [1.29, 1.82) is 0 Å². The van der Waals surface area contributed by atoms with Crippen LogP contribution in [0.3, 0.4) is 0 Å². The van der Waals surface area contributed by atoms with E-state index in [0.717, 1.165) is 18.2 Å². The molecule has 1 N–H and O–H groups in total. The Hall–Kier alpha value is -1.03. The standard InChI is InChI=1S/C8H7F2NS/c1-5(12)11-8-4-6(9)2-3-7(8)10/h2-4H,1H3,(H,11,12). The Morgan fingerprint density at radius 3 is 2.67 bits per heavy atom. The van der Waals surface area contributed by atoms with Crippen molar-refractivity contribution in [2.24, 2.45) is 0 Å². The van der Waals surface area contributed by atoms with Crippen LogP contribution in [0, 0.1) is 11.6 Å². The predicted molar refractivity (Wildman–Crippen MR) is 48.3 cm³/mol. The molecule has 1 aromatic carbocycles. The molecule has 64 valence electrons. The molecule has 0 unspecified atom stereocenters. The van der Waals surface area contributed by atoms with Gasteiger partial charge in [-0.2, -0.15) is 0 Å². The first kappa shape index (κ1) is 9.06. The zero-order chi connectivity index (χ0) is 9.14. The zero-order valence-electron chi connectivity index (χ0n) is 6.40. The number of halogens is 2. The molecule has 1 aromatic rings. The third kappa shape index (κ3) is 2.23. The maximum Gasteiger partial charge on any atom is 0.146 e. The van der Waals surface area contributed by atoms with E-state index in [1.165, 1.54) is 0 Å². The van der Waals surface area contributed by atoms with E-state index in [1.807, 2.05) is 0 Å². The fraction of sp³-hybridized carbons (Fsp3) is 0.125. The number of nitrogens with one attached hydrogen (secondary N) is 1. The maximum atomic E-state index is 12.8. The first-order chi connectivity index (χ1) is 5.59. The van der Waals surface area contributed by atoms with Crippen LogP contribution in [0.1, 0.15) is 6.92 Å². The average molecular weight is 187 g/mol. The topological polar surface area (TPSA) is 12.0 Å². The lowest BCUT2D eigenvalue weighted by molar-refractivity contribution is 0.604. The van der Waals surface area contributed by atoms with Gasteiger partial charge in [0.1, 0.15) is 11.6 Å². The van der Waals surface area contributed by atoms with Crippen molar-refractivity contribution in [2.75, 3.05) is 5.32 Å². The molecule has 0 aliphatic rings. The van der Waals surface area contributed by atoms with Crippen LogP contribution in [0.4, 0.5) is 14.5 Å². The first-order valence-electron chi connectivity index (χ1n) is 3.32. The van der Waals surface area contributed by atoms with Crippen molar-refractivity contribution in [3.63, 3.8) is 0 Å². The molecule has 0 aliphatic carbocycles. The molecule has 0 fully saturated rings. The Morgan fingerprint density at radius 1 is 1.42 bits per heavy atom. The summed E-state index contributed by atoms with van der Waals surface area (Å²) in [4.78, 5) is 0.402. The van der Waals surface area contributed by atoms with Gasteiger partial charge < -0.3 is 5.32 Å². The Bertz CT molecular complexity index is 312. The van der Waals surface area contributed by atoms with Gasteiger partial charge in [-0.05, 0) is 19.1 Å². The lowest BCUT2D eigenvalue weighted by Gasteiger charge is -2.04. The summed E-state index contributed by atoms with van der Waals surface area (Å²) < 4.78 is 25.4. The second kappa shape index (κ2) is 3.58. The van der Waals surface area contributed by atoms with Crippen LogP contribution in [-0.2, 0) is 0 Å². The molecule has 0 bridgehead atoms. The molecule has 0 heterocycles. The molecule has 0 atom stereocenters. The normalized spacial score (nSPS) is 9.58. The first-order valence-corrected chi connectivity index (χ1v) is 3.73. The molecule has 0 radical (unpaired) electrons. The number of thiocarbonyl (C=S) groups is 1. The summed E-state index contributed by atoms with van der Waals surface area (Å²) in [5.74, 6) is -1.00. The van der Waals surface area contributed by atoms with Crippen LogP contribution in [-0.4, -0.2) is 4.99 Å². The summed E-state index contributed by atoms with van der Waals surface area (Å²) in [6.45, 7) is 1.60. The second-order valence-corrected chi connectivity index (χ2v) is 2.92. The lowest BCUT2D eigenvalue weighted by atomic mass is 10.3. The highest BCUT2D eigenvalue weighted by molar-refractivity contribution is 7.80. The minimum atomic E-state index is -0.513. The fourth-order valence-electron chi connectivity index (χ4n) is 0.783. The van der Waals surface area contributed by atoms with E-state index in [9.17, 15) is 8.78 Å². The largest absolute Gasteiger partial charge is 0.348 e. The lowest BCUT2D eigenvalue weighted by Crippen LogP contribution is -2.05. The van der Waals surface area contributed by atoms with Crippen LogP contribution in [0.2, 0.25) is 0 Å². The summed E-state index contributed by atoms with van der Waals surface area (Å²) in [6, 6.07) is 3.17. The maximum absolute atomic E-state index is 12.8. The highest BCUT2D eigenvalue weighted by Gasteiger charge is 2.02. The van der Waals surface area contributed by atoms with Gasteiger partial charge in [-0.3, -0.25) is 0 Å². The Kier molecular flexibility index (Phi) is 2.70. The average Bonchev–Trinajstić information content (AvgIpc) is 1.96. The summed E-state index contributed by atoms with van der Waals surface area (Å²) >= 11 is 4.68. The second-order valence-electron chi connectivity index (χ2n) is 2.31. The van der Waals surface area contributed by atoms with Crippen molar-refractivity contribution in [3.8, 4) is 0 Å². The molecule has 1 rings (SSSR count). The Balaban J connectivity index is 2.97. The van der Waals surface area contributed by atoms with E-state index in [4.69, 9.17) is 0 Å². The number of benzene rings is 1. The summed E-state index contributed by atoms with van der Waals surface area (Å²) in [5.41, 5.74) is 0.0718. The molecule has 0 saturated heterocycles. The number of rotatable bonds is 1. The van der Waals surface area contributed by atoms with Gasteiger partial charge in [0.05, 0.1) is 10.7 Å². The molecule has 0 aromatic heterocycles. The minimum absolute atomic E-state index is 0.0718. The van der Waals surface area contributed by atoms with E-state index in [1.54, 1.807) is 6.92 Å². The SMILES string of the molecule is CC(=S)Nc1cc(F)ccc1F. The van der Waals surface area contributed by atoms with E-state index in [-0.39, 0.29) is 5.69 Å². The molecule has 0 amide bonds. The predicted octanol–water partition coefficient (Wildman–Crippen LogP) is 2.72. The monoisotopic (exact) mass is 187 g/mol. The van der Waals surface area contributed by atoms with Gasteiger partial charge in [-0.15, -0.1) is 0 Å². The smallest absolute Gasteiger partial charge is 0.146 e. The van der Waals surface area contributed by atoms with Gasteiger partial charge in [0.15, 0.2) is 0 Å². The highest BCUT2D eigenvalue weighted by Crippen LogP contribution is 2.14. The van der Waals surface area contributed by atoms with Gasteiger partial charge in [-0.25, -0.2) is 8.78 Å². The molecule has 4 heteroatoms. The Morgan fingerprint density at radius 2 is 2.08 bits per heavy atom. The van der Waals surface area contributed by atoms with Crippen molar-refractivity contribution in [3.05, 3.63) is 29.8 Å². The van der Waals surface area contributed by atoms with Crippen LogP contribution < -0.4 is 5.32 Å². The van der Waals surface area contributed by atoms with E-state index in [2.05, 4.69) is 17.5 Å². The van der Waals surface area contributed by atoms with Gasteiger partial charge in [0.2, 0.25) is 0 Å². The molecular formula is C8H7F2NS. The third-order valence-electron chi connectivity index (χ3n) is 1.24. The number of hydrogen-bond donors (Lipinski definition) is 1. The molecule has 0 aliphatic heterocycles. The summed E-state index contributed by atoms with van der Waals surface area (Å²) in [5, 5.41) is 2.53. The molecule has 0 saturated carbocycles. The minimum Gasteiger partial charge on any atom is -0.348 e. The van der Waals surface area contributed by atoms with Crippen LogP contribution in [0.5, 0.6) is 0 Å². The van der Waals surface area contributed by atoms with Gasteiger partial charge >= 0.3 is 0 Å². The van der Waals surface area contributed by atoms with Crippen LogP contribution in [0.25, 0.3) is 0 Å². The molecule has 1 nitrogen and oxygen atoms in total. The van der Waals surface area contributed by atoms with E-state index >= 15 is 0 Å². The van der Waals surface area contributed by atoms with Crippen LogP contribution in [0.15, 0.2) is 18.2 Å². The van der Waals surface area contributed by atoms with E-state index < -0.39 is 11.6 Å². The van der Waals surface area contributed by atoms with Crippen molar-refractivity contribution in [1.82, 2.24) is 0 Å². The van der Waals surface area contributed by atoms with E-state index in [0.29, 0.717) is 4.99 Å². The van der Waals surface area contributed by atoms with Crippen LogP contribution >= 0.6 is 12.2 Å². The fourth-order valence-corrected chi connectivity index (χ4v) is 0.893. The number of hydrogen-bond acceptors (Lipinski definition) is 1. The van der Waals surface area contributed by atoms with Gasteiger partial charge in [0, 0.05) is 6.07 Å². The molecule has 0 spiro atoms.